The van der Waals surface area contributed by atoms with Gasteiger partial charge in [-0.3, -0.25) is 4.98 Å². The lowest BCUT2D eigenvalue weighted by Crippen LogP contribution is -2.23. The molecule has 4 rings (SSSR count). The van der Waals surface area contributed by atoms with Crippen LogP contribution in [0.3, 0.4) is 0 Å². The van der Waals surface area contributed by atoms with E-state index in [0.717, 1.165) is 21.9 Å². The lowest BCUT2D eigenvalue weighted by molar-refractivity contribution is 0.349. The molecule has 1 fully saturated rings. The van der Waals surface area contributed by atoms with Crippen LogP contribution >= 0.6 is 11.3 Å². The van der Waals surface area contributed by atoms with Gasteiger partial charge < -0.3 is 8.98 Å². The van der Waals surface area contributed by atoms with E-state index in [-0.39, 0.29) is 0 Å². The average Bonchev–Trinajstić information content (AvgIpc) is 3.26. The minimum absolute atomic E-state index is 0.505. The molecule has 3 aromatic rings. The summed E-state index contributed by atoms with van der Waals surface area (Å²) in [5.41, 5.74) is 2.03. The summed E-state index contributed by atoms with van der Waals surface area (Å²) in [6.45, 7) is 0. The van der Waals surface area contributed by atoms with E-state index in [1.165, 1.54) is 32.1 Å². The third kappa shape index (κ3) is 3.01. The molecule has 0 spiro atoms. The molecule has 0 aliphatic heterocycles. The summed E-state index contributed by atoms with van der Waals surface area (Å²) < 4.78 is 8.02. The smallest absolute Gasteiger partial charge is 0.190 e. The van der Waals surface area contributed by atoms with Crippen molar-refractivity contribution < 1.29 is 4.42 Å². The fraction of sp³-hybridized carbons (Fsp3) is 0.333. The molecule has 0 bridgehead atoms. The normalized spacial score (nSPS) is 16.8. The van der Waals surface area contributed by atoms with Crippen LogP contribution in [0.25, 0.3) is 11.5 Å². The number of pyridine rings is 1. The molecule has 5 heteroatoms. The topological polar surface area (TPSA) is 43.3 Å². The maximum atomic E-state index is 5.65. The first-order valence-electron chi connectivity index (χ1n) is 8.10. The van der Waals surface area contributed by atoms with E-state index in [1.807, 2.05) is 24.3 Å². The van der Waals surface area contributed by atoms with Crippen molar-refractivity contribution in [1.82, 2.24) is 9.55 Å². The minimum Gasteiger partial charge on any atom is -0.463 e. The second-order valence-corrected chi connectivity index (χ2v) is 6.70. The Morgan fingerprint density at radius 2 is 2.09 bits per heavy atom. The van der Waals surface area contributed by atoms with Gasteiger partial charge in [-0.15, -0.1) is 11.3 Å². The molecule has 0 saturated heterocycles. The van der Waals surface area contributed by atoms with Crippen molar-refractivity contribution in [3.63, 3.8) is 0 Å². The number of nitrogens with zero attached hydrogens (tertiary/aromatic N) is 3. The highest BCUT2D eigenvalue weighted by Gasteiger charge is 2.21. The molecule has 23 heavy (non-hydrogen) atoms. The van der Waals surface area contributed by atoms with Crippen molar-refractivity contribution in [2.45, 2.75) is 38.1 Å². The molecular formula is C18H19N3OS. The molecule has 4 nitrogen and oxygen atoms in total. The molecule has 3 heterocycles. The Kier molecular flexibility index (Phi) is 4.11. The minimum atomic E-state index is 0.505. The Balaban J connectivity index is 1.84. The lowest BCUT2D eigenvalue weighted by Gasteiger charge is -2.24. The van der Waals surface area contributed by atoms with Crippen LogP contribution in [0.4, 0.5) is 5.69 Å². The van der Waals surface area contributed by atoms with Crippen LogP contribution in [0.1, 0.15) is 38.1 Å². The van der Waals surface area contributed by atoms with Gasteiger partial charge >= 0.3 is 0 Å². The molecule has 0 atom stereocenters. The quantitative estimate of drug-likeness (QED) is 0.684. The fourth-order valence-corrected chi connectivity index (χ4v) is 4.19. The second-order valence-electron chi connectivity index (χ2n) is 5.87. The molecule has 1 aliphatic rings. The van der Waals surface area contributed by atoms with E-state index < -0.39 is 0 Å². The first kappa shape index (κ1) is 14.5. The molecule has 0 amide bonds. The van der Waals surface area contributed by atoms with Gasteiger partial charge in [-0.05, 0) is 37.1 Å². The van der Waals surface area contributed by atoms with Crippen LogP contribution in [0, 0.1) is 0 Å². The predicted molar refractivity (Wildman–Crippen MR) is 91.6 cm³/mol. The van der Waals surface area contributed by atoms with Gasteiger partial charge in [0.15, 0.2) is 10.6 Å². The molecule has 1 aliphatic carbocycles. The van der Waals surface area contributed by atoms with Crippen molar-refractivity contribution in [3.05, 3.63) is 53.1 Å². The van der Waals surface area contributed by atoms with Crippen molar-refractivity contribution in [2.24, 2.45) is 4.99 Å². The number of hydrogen-bond donors (Lipinski definition) is 0. The number of aromatic nitrogens is 2. The van der Waals surface area contributed by atoms with Gasteiger partial charge in [-0.2, -0.15) is 0 Å². The van der Waals surface area contributed by atoms with Gasteiger partial charge in [-0.25, -0.2) is 4.99 Å². The van der Waals surface area contributed by atoms with Gasteiger partial charge in [0.1, 0.15) is 0 Å². The van der Waals surface area contributed by atoms with Crippen LogP contribution in [-0.2, 0) is 0 Å². The molecule has 0 radical (unpaired) electrons. The molecule has 3 aromatic heterocycles. The summed E-state index contributed by atoms with van der Waals surface area (Å²) >= 11 is 1.67. The molecule has 0 N–H and O–H groups in total. The maximum Gasteiger partial charge on any atom is 0.190 e. The van der Waals surface area contributed by atoms with E-state index in [0.29, 0.717) is 6.04 Å². The van der Waals surface area contributed by atoms with Crippen LogP contribution in [-0.4, -0.2) is 9.55 Å². The Morgan fingerprint density at radius 1 is 1.17 bits per heavy atom. The van der Waals surface area contributed by atoms with Crippen LogP contribution in [0.5, 0.6) is 0 Å². The van der Waals surface area contributed by atoms with E-state index in [4.69, 9.17) is 9.41 Å². The summed E-state index contributed by atoms with van der Waals surface area (Å²) in [5.74, 6) is 0.916. The Labute approximate surface area is 139 Å². The summed E-state index contributed by atoms with van der Waals surface area (Å²) in [5, 5.41) is 2.16. The zero-order valence-electron chi connectivity index (χ0n) is 12.9. The molecule has 0 unspecified atom stereocenters. The summed E-state index contributed by atoms with van der Waals surface area (Å²) in [4.78, 5) is 10.0. The number of furan rings is 1. The SMILES string of the molecule is c1cncc(N=c2scc(-c3ccco3)n2C2CCCCC2)c1. The lowest BCUT2D eigenvalue weighted by atomic mass is 9.95. The van der Waals surface area contributed by atoms with E-state index in [2.05, 4.69) is 14.9 Å². The fourth-order valence-electron chi connectivity index (χ4n) is 3.23. The largest absolute Gasteiger partial charge is 0.463 e. The summed E-state index contributed by atoms with van der Waals surface area (Å²) in [6, 6.07) is 8.38. The van der Waals surface area contributed by atoms with Gasteiger partial charge in [0, 0.05) is 17.6 Å². The highest BCUT2D eigenvalue weighted by atomic mass is 32.1. The number of hydrogen-bond acceptors (Lipinski definition) is 4. The summed E-state index contributed by atoms with van der Waals surface area (Å²) in [6.07, 6.45) is 11.7. The van der Waals surface area contributed by atoms with E-state index in [9.17, 15) is 0 Å². The molecule has 118 valence electrons. The maximum absolute atomic E-state index is 5.65. The van der Waals surface area contributed by atoms with Crippen molar-refractivity contribution in [3.8, 4) is 11.5 Å². The summed E-state index contributed by atoms with van der Waals surface area (Å²) in [7, 11) is 0. The van der Waals surface area contributed by atoms with Crippen LogP contribution in [0.2, 0.25) is 0 Å². The zero-order chi connectivity index (χ0) is 15.5. The monoisotopic (exact) mass is 325 g/mol. The van der Waals surface area contributed by atoms with Crippen molar-refractivity contribution >= 4 is 17.0 Å². The van der Waals surface area contributed by atoms with E-state index >= 15 is 0 Å². The van der Waals surface area contributed by atoms with E-state index in [1.54, 1.807) is 30.0 Å². The molecule has 0 aromatic carbocycles. The highest BCUT2D eigenvalue weighted by Crippen LogP contribution is 2.32. The number of thiazole rings is 1. The Bertz CT molecular complexity index is 812. The average molecular weight is 325 g/mol. The van der Waals surface area contributed by atoms with Gasteiger partial charge in [0.25, 0.3) is 0 Å². The van der Waals surface area contributed by atoms with Gasteiger partial charge in [0.2, 0.25) is 0 Å². The molecule has 1 saturated carbocycles. The Hall–Kier alpha value is -2.14. The second kappa shape index (κ2) is 6.54. The molecular weight excluding hydrogens is 306 g/mol. The van der Waals surface area contributed by atoms with Crippen molar-refractivity contribution in [1.29, 1.82) is 0 Å². The third-order valence-electron chi connectivity index (χ3n) is 4.33. The van der Waals surface area contributed by atoms with Gasteiger partial charge in [0.05, 0.1) is 23.8 Å². The highest BCUT2D eigenvalue weighted by molar-refractivity contribution is 7.07. The first-order valence-corrected chi connectivity index (χ1v) is 8.98. The standard InChI is InChI=1S/C18H19N3OS/c1-2-7-15(8-3-1)21-16(17-9-5-11-22-17)13-23-18(21)20-14-6-4-10-19-12-14/h4-6,9-13,15H,1-3,7-8H2. The predicted octanol–water partition coefficient (Wildman–Crippen LogP) is 4.94. The third-order valence-corrected chi connectivity index (χ3v) is 5.17. The first-order chi connectivity index (χ1) is 11.4. The van der Waals surface area contributed by atoms with Gasteiger partial charge in [-0.1, -0.05) is 19.3 Å². The zero-order valence-corrected chi connectivity index (χ0v) is 13.7. The Morgan fingerprint density at radius 3 is 2.83 bits per heavy atom. The number of rotatable bonds is 3. The van der Waals surface area contributed by atoms with Crippen molar-refractivity contribution in [2.75, 3.05) is 0 Å². The van der Waals surface area contributed by atoms with Crippen LogP contribution in [0.15, 0.2) is 57.7 Å². The van der Waals surface area contributed by atoms with Crippen LogP contribution < -0.4 is 4.80 Å².